The normalized spacial score (nSPS) is 13.0. The minimum absolute atomic E-state index is 0.0527. The molecule has 1 N–H and O–H groups in total. The Morgan fingerprint density at radius 1 is 1.17 bits per heavy atom. The number of alkyl halides is 3. The smallest absolute Gasteiger partial charge is 0.436 e. The Labute approximate surface area is 246 Å². The van der Waals surface area contributed by atoms with Crippen LogP contribution in [-0.4, -0.2) is 46.6 Å². The third kappa shape index (κ3) is 7.13. The summed E-state index contributed by atoms with van der Waals surface area (Å²) in [6, 6.07) is 8.67. The van der Waals surface area contributed by atoms with E-state index < -0.39 is 43.3 Å². The summed E-state index contributed by atoms with van der Waals surface area (Å²) in [6.07, 6.45) is -3.33. The highest BCUT2D eigenvalue weighted by atomic mass is 35.5. The molecule has 2 aromatic carbocycles. The summed E-state index contributed by atoms with van der Waals surface area (Å²) in [5.74, 6) is -2.01. The molecule has 4 aromatic rings. The molecular weight excluding hydrogens is 594 g/mol. The first kappa shape index (κ1) is 31.5. The molecule has 0 saturated carbocycles. The van der Waals surface area contributed by atoms with Crippen molar-refractivity contribution in [3.05, 3.63) is 76.1 Å². The first-order chi connectivity index (χ1) is 19.7. The average Bonchev–Trinajstić information content (AvgIpc) is 3.45. The molecule has 0 amide bonds. The molecule has 0 radical (unpaired) electrons. The predicted molar refractivity (Wildman–Crippen MR) is 155 cm³/mol. The predicted octanol–water partition coefficient (Wildman–Crippen LogP) is 7.27. The van der Waals surface area contributed by atoms with Crippen LogP contribution in [0.2, 0.25) is 30.7 Å². The quantitative estimate of drug-likeness (QED) is 0.0817. The zero-order chi connectivity index (χ0) is 30.8. The number of carbonyl (C=O) groups is 1. The van der Waals surface area contributed by atoms with Crippen molar-refractivity contribution in [1.29, 1.82) is 0 Å². The van der Waals surface area contributed by atoms with Crippen molar-refractivity contribution in [3.63, 3.8) is 0 Å². The number of hydrogen-bond donors (Lipinski definition) is 1. The number of fused-ring (bicyclic) bond motifs is 1. The second kappa shape index (κ2) is 12.4. The number of aryl methyl sites for hydroxylation is 1. The zero-order valence-electron chi connectivity index (χ0n) is 23.9. The first-order valence-corrected chi connectivity index (χ1v) is 17.3. The van der Waals surface area contributed by atoms with E-state index in [0.717, 1.165) is 22.3 Å². The molecule has 4 rings (SSSR count). The van der Waals surface area contributed by atoms with Crippen molar-refractivity contribution >= 4 is 42.4 Å². The minimum atomic E-state index is -4.97. The van der Waals surface area contributed by atoms with Crippen molar-refractivity contribution in [1.82, 2.24) is 19.3 Å². The second-order valence-corrected chi connectivity index (χ2v) is 17.0. The highest BCUT2D eigenvalue weighted by Crippen LogP contribution is 2.39. The van der Waals surface area contributed by atoms with E-state index in [0.29, 0.717) is 24.5 Å². The summed E-state index contributed by atoms with van der Waals surface area (Å²) in [6.45, 7) is 9.06. The summed E-state index contributed by atoms with van der Waals surface area (Å²) in [7, 11) is 0.0144. The molecule has 0 fully saturated rings. The van der Waals surface area contributed by atoms with Gasteiger partial charge in [0.1, 0.15) is 18.1 Å². The Morgan fingerprint density at radius 3 is 2.55 bits per heavy atom. The number of halogens is 5. The molecule has 42 heavy (non-hydrogen) atoms. The Kier molecular flexibility index (Phi) is 9.33. The van der Waals surface area contributed by atoms with Gasteiger partial charge in [0.2, 0.25) is 0 Å². The van der Waals surface area contributed by atoms with Crippen LogP contribution in [0.1, 0.15) is 40.3 Å². The lowest BCUT2D eigenvalue weighted by atomic mass is 9.97. The largest absolute Gasteiger partial charge is 0.462 e. The van der Waals surface area contributed by atoms with E-state index in [9.17, 15) is 18.0 Å². The van der Waals surface area contributed by atoms with Crippen LogP contribution in [0, 0.1) is 5.82 Å². The number of hydrogen-bond acceptors (Lipinski definition) is 6. The van der Waals surface area contributed by atoms with Gasteiger partial charge in [0.25, 0.3) is 0 Å². The van der Waals surface area contributed by atoms with Crippen LogP contribution in [0.15, 0.2) is 42.7 Å². The van der Waals surface area contributed by atoms with E-state index in [1.165, 1.54) is 26.1 Å². The molecule has 0 aliphatic heterocycles. The third-order valence-electron chi connectivity index (χ3n) is 6.55. The highest BCUT2D eigenvalue weighted by Gasteiger charge is 2.43. The Hall–Kier alpha value is -3.42. The fourth-order valence-electron chi connectivity index (χ4n) is 4.46. The number of nitrogens with one attached hydrogen (secondary N) is 1. The lowest BCUT2D eigenvalue weighted by Gasteiger charge is -2.23. The number of nitrogens with zero attached hydrogens (tertiary/aromatic N) is 4. The summed E-state index contributed by atoms with van der Waals surface area (Å²) in [5, 5.41) is 6.79. The number of benzene rings is 2. The van der Waals surface area contributed by atoms with Crippen molar-refractivity contribution in [2.75, 3.05) is 18.5 Å². The van der Waals surface area contributed by atoms with Crippen LogP contribution in [0.5, 0.6) is 0 Å². The average molecular weight is 626 g/mol. The van der Waals surface area contributed by atoms with Gasteiger partial charge in [-0.15, -0.1) is 0 Å². The number of carbonyl (C=O) groups excluding carboxylic acids is 1. The van der Waals surface area contributed by atoms with Crippen molar-refractivity contribution < 1.29 is 31.8 Å². The van der Waals surface area contributed by atoms with Gasteiger partial charge in [0.05, 0.1) is 35.7 Å². The molecule has 0 saturated heterocycles. The Bertz CT molecular complexity index is 1580. The summed E-state index contributed by atoms with van der Waals surface area (Å²) in [5.41, 5.74) is -0.754. The third-order valence-corrected chi connectivity index (χ3v) is 8.48. The van der Waals surface area contributed by atoms with Gasteiger partial charge in [-0.1, -0.05) is 37.3 Å². The molecular formula is C28H32ClF4N5O3Si. The zero-order valence-corrected chi connectivity index (χ0v) is 25.6. The highest BCUT2D eigenvalue weighted by molar-refractivity contribution is 6.76. The topological polar surface area (TPSA) is 83.2 Å². The molecule has 2 heterocycles. The number of imidazole rings is 1. The molecule has 2 aromatic heterocycles. The molecule has 1 atom stereocenters. The number of aromatic nitrogens is 4. The Morgan fingerprint density at radius 2 is 1.90 bits per heavy atom. The SMILES string of the molecule is CCOC(=O)c1c(C(F)(F)F)nn(C)c1C(Nc1ccc2c(c1)ncn2COCC[Si](C)(C)C)c1ccc(Cl)cc1F. The molecule has 0 spiro atoms. The van der Waals surface area contributed by atoms with Gasteiger partial charge in [-0.2, -0.15) is 18.3 Å². The van der Waals surface area contributed by atoms with E-state index in [1.54, 1.807) is 24.5 Å². The maximum atomic E-state index is 15.3. The van der Waals surface area contributed by atoms with Crippen LogP contribution in [-0.2, 0) is 29.4 Å². The van der Waals surface area contributed by atoms with Gasteiger partial charge in [0.15, 0.2) is 5.69 Å². The van der Waals surface area contributed by atoms with Gasteiger partial charge in [-0.3, -0.25) is 4.68 Å². The molecule has 8 nitrogen and oxygen atoms in total. The summed E-state index contributed by atoms with van der Waals surface area (Å²) in [4.78, 5) is 17.3. The molecule has 1 unspecified atom stereocenters. The number of esters is 1. The van der Waals surface area contributed by atoms with Crippen LogP contribution >= 0.6 is 11.6 Å². The van der Waals surface area contributed by atoms with Crippen molar-refractivity contribution in [2.24, 2.45) is 7.05 Å². The molecule has 0 aliphatic carbocycles. The van der Waals surface area contributed by atoms with Crippen molar-refractivity contribution in [3.8, 4) is 0 Å². The lowest BCUT2D eigenvalue weighted by molar-refractivity contribution is -0.142. The van der Waals surface area contributed by atoms with Gasteiger partial charge < -0.3 is 19.4 Å². The number of ether oxygens (including phenoxy) is 2. The minimum Gasteiger partial charge on any atom is -0.462 e. The molecule has 0 bridgehead atoms. The molecule has 14 heteroatoms. The van der Waals surface area contributed by atoms with Crippen LogP contribution in [0.25, 0.3) is 11.0 Å². The number of rotatable bonds is 11. The second-order valence-electron chi connectivity index (χ2n) is 11.0. The van der Waals surface area contributed by atoms with E-state index in [2.05, 4.69) is 35.0 Å². The summed E-state index contributed by atoms with van der Waals surface area (Å²) >= 11 is 5.96. The van der Waals surface area contributed by atoms with E-state index in [-0.39, 0.29) is 22.9 Å². The molecule has 0 aliphatic rings. The first-order valence-electron chi connectivity index (χ1n) is 13.2. The van der Waals surface area contributed by atoms with E-state index in [4.69, 9.17) is 21.1 Å². The standard InChI is InChI=1S/C28H32ClF4N5O3Si/c1-6-41-27(39)23-25(37(2)36-26(23)28(31,32)33)24(19-9-7-17(29)13-20(19)30)35-18-8-10-22-21(14-18)34-15-38(22)16-40-11-12-42(3,4)5/h7-10,13-15,24,35H,6,11-12,16H2,1-5H3. The van der Waals surface area contributed by atoms with Crippen LogP contribution in [0.3, 0.4) is 0 Å². The van der Waals surface area contributed by atoms with Crippen LogP contribution < -0.4 is 5.32 Å². The van der Waals surface area contributed by atoms with E-state index in [1.807, 2.05) is 4.57 Å². The number of anilines is 1. The van der Waals surface area contributed by atoms with Crippen LogP contribution in [0.4, 0.5) is 23.2 Å². The lowest BCUT2D eigenvalue weighted by Crippen LogP contribution is -2.22. The van der Waals surface area contributed by atoms with Gasteiger partial charge >= 0.3 is 12.1 Å². The molecule has 226 valence electrons. The van der Waals surface area contributed by atoms with Gasteiger partial charge in [0, 0.05) is 38.0 Å². The maximum Gasteiger partial charge on any atom is 0.436 e. The monoisotopic (exact) mass is 625 g/mol. The fraction of sp³-hybridized carbons (Fsp3) is 0.393. The fourth-order valence-corrected chi connectivity index (χ4v) is 5.38. The summed E-state index contributed by atoms with van der Waals surface area (Å²) < 4.78 is 70.9. The van der Waals surface area contributed by atoms with Crippen molar-refractivity contribution in [2.45, 2.75) is 51.6 Å². The van der Waals surface area contributed by atoms with E-state index >= 15 is 4.39 Å². The van der Waals surface area contributed by atoms with Gasteiger partial charge in [-0.25, -0.2) is 14.2 Å². The Balaban J connectivity index is 1.75. The van der Waals surface area contributed by atoms with Gasteiger partial charge in [-0.05, 0) is 43.3 Å². The maximum absolute atomic E-state index is 15.3.